The van der Waals surface area contributed by atoms with E-state index in [9.17, 15) is 4.39 Å². The first-order valence-corrected chi connectivity index (χ1v) is 3.80. The topological polar surface area (TPSA) is 0 Å². The maximum atomic E-state index is 12.3. The Morgan fingerprint density at radius 2 is 1.89 bits per heavy atom. The van der Waals surface area contributed by atoms with E-state index in [2.05, 4.69) is 13.8 Å². The molecule has 0 aromatic carbocycles. The van der Waals surface area contributed by atoms with Gasteiger partial charge in [0.25, 0.3) is 0 Å². The molecule has 0 aliphatic heterocycles. The molecule has 9 heavy (non-hydrogen) atoms. The van der Waals surface area contributed by atoms with E-state index in [0.717, 1.165) is 12.8 Å². The summed E-state index contributed by atoms with van der Waals surface area (Å²) in [7, 11) is 0. The monoisotopic (exact) mass is 132 g/mol. The fourth-order valence-electron chi connectivity index (χ4n) is 1.17. The molecule has 56 valence electrons. The van der Waals surface area contributed by atoms with E-state index in [-0.39, 0.29) is 0 Å². The van der Waals surface area contributed by atoms with Gasteiger partial charge in [0.15, 0.2) is 0 Å². The summed E-state index contributed by atoms with van der Waals surface area (Å²) in [5.41, 5.74) is 0. The molecule has 2 atom stereocenters. The molecule has 1 unspecified atom stereocenters. The van der Waals surface area contributed by atoms with Gasteiger partial charge in [0.2, 0.25) is 0 Å². The van der Waals surface area contributed by atoms with Gasteiger partial charge >= 0.3 is 0 Å². The predicted octanol–water partition coefficient (Wildman–Crippen LogP) is 3.17. The molecular formula is C8H17F. The second-order valence-corrected chi connectivity index (χ2v) is 2.91. The molecule has 0 nitrogen and oxygen atoms in total. The highest BCUT2D eigenvalue weighted by Gasteiger charge is 2.04. The number of hydrogen-bond donors (Lipinski definition) is 0. The Morgan fingerprint density at radius 3 is 2.22 bits per heavy atom. The average Bonchev–Trinajstić information content (AvgIpc) is 1.63. The van der Waals surface area contributed by atoms with Crippen LogP contribution in [0, 0.1) is 5.92 Å². The van der Waals surface area contributed by atoms with Crippen molar-refractivity contribution in [2.75, 3.05) is 0 Å². The first-order valence-electron chi connectivity index (χ1n) is 3.80. The molecule has 0 fully saturated rings. The van der Waals surface area contributed by atoms with E-state index < -0.39 is 6.17 Å². The molecule has 0 aromatic rings. The molecule has 0 aliphatic rings. The van der Waals surface area contributed by atoms with Crippen LogP contribution in [0.2, 0.25) is 0 Å². The van der Waals surface area contributed by atoms with Crippen LogP contribution in [0.15, 0.2) is 0 Å². The predicted molar refractivity (Wildman–Crippen MR) is 39.3 cm³/mol. The lowest BCUT2D eigenvalue weighted by Crippen LogP contribution is -2.01. The van der Waals surface area contributed by atoms with Gasteiger partial charge in [-0.15, -0.1) is 0 Å². The highest BCUT2D eigenvalue weighted by molar-refractivity contribution is 4.56. The summed E-state index contributed by atoms with van der Waals surface area (Å²) in [5, 5.41) is 0. The summed E-state index contributed by atoms with van der Waals surface area (Å²) in [6, 6.07) is 0. The Kier molecular flexibility index (Phi) is 4.74. The molecule has 0 heterocycles. The van der Waals surface area contributed by atoms with Gasteiger partial charge in [-0.05, 0) is 19.3 Å². The molecule has 0 rings (SSSR count). The van der Waals surface area contributed by atoms with Gasteiger partial charge in [-0.1, -0.05) is 26.7 Å². The van der Waals surface area contributed by atoms with Crippen LogP contribution in [0.5, 0.6) is 0 Å². The molecule has 0 aromatic heterocycles. The summed E-state index contributed by atoms with van der Waals surface area (Å²) in [6.07, 6.45) is 2.45. The van der Waals surface area contributed by atoms with Crippen LogP contribution in [0.3, 0.4) is 0 Å². The van der Waals surface area contributed by atoms with Crippen LogP contribution in [-0.4, -0.2) is 6.17 Å². The minimum atomic E-state index is -0.619. The van der Waals surface area contributed by atoms with Crippen LogP contribution in [-0.2, 0) is 0 Å². The van der Waals surface area contributed by atoms with Crippen LogP contribution in [0.4, 0.5) is 4.39 Å². The summed E-state index contributed by atoms with van der Waals surface area (Å²) < 4.78 is 12.3. The van der Waals surface area contributed by atoms with E-state index in [1.54, 1.807) is 6.92 Å². The van der Waals surface area contributed by atoms with Crippen molar-refractivity contribution in [1.29, 1.82) is 0 Å². The molecule has 0 saturated carbocycles. The van der Waals surface area contributed by atoms with E-state index in [4.69, 9.17) is 0 Å². The van der Waals surface area contributed by atoms with Gasteiger partial charge in [-0.25, -0.2) is 4.39 Å². The molecule has 0 amide bonds. The molecule has 0 aliphatic carbocycles. The Hall–Kier alpha value is -0.0700. The third-order valence-electron chi connectivity index (χ3n) is 1.51. The van der Waals surface area contributed by atoms with Crippen molar-refractivity contribution < 1.29 is 4.39 Å². The van der Waals surface area contributed by atoms with E-state index in [0.29, 0.717) is 5.92 Å². The highest BCUT2D eigenvalue weighted by Crippen LogP contribution is 2.13. The van der Waals surface area contributed by atoms with Gasteiger partial charge in [0, 0.05) is 0 Å². The number of hydrogen-bond acceptors (Lipinski definition) is 0. The summed E-state index contributed by atoms with van der Waals surface area (Å²) in [5.74, 6) is 0.565. The van der Waals surface area contributed by atoms with Crippen LogP contribution < -0.4 is 0 Å². The van der Waals surface area contributed by atoms with Crippen molar-refractivity contribution in [2.45, 2.75) is 46.2 Å². The largest absolute Gasteiger partial charge is 0.248 e. The first kappa shape index (κ1) is 8.93. The van der Waals surface area contributed by atoms with Crippen LogP contribution in [0.1, 0.15) is 40.0 Å². The lowest BCUT2D eigenvalue weighted by Gasteiger charge is -2.09. The van der Waals surface area contributed by atoms with Gasteiger partial charge in [-0.3, -0.25) is 0 Å². The van der Waals surface area contributed by atoms with Gasteiger partial charge < -0.3 is 0 Å². The SMILES string of the molecule is CCC[C@@H](C)CC(C)F. The van der Waals surface area contributed by atoms with Crippen molar-refractivity contribution >= 4 is 0 Å². The summed E-state index contributed by atoms with van der Waals surface area (Å²) >= 11 is 0. The van der Waals surface area contributed by atoms with Crippen molar-refractivity contribution in [3.63, 3.8) is 0 Å². The zero-order valence-corrected chi connectivity index (χ0v) is 6.65. The molecule has 0 N–H and O–H groups in total. The normalized spacial score (nSPS) is 17.3. The highest BCUT2D eigenvalue weighted by atomic mass is 19.1. The lowest BCUT2D eigenvalue weighted by atomic mass is 10.0. The van der Waals surface area contributed by atoms with Gasteiger partial charge in [0.05, 0.1) is 6.17 Å². The van der Waals surface area contributed by atoms with Gasteiger partial charge in [-0.2, -0.15) is 0 Å². The number of alkyl halides is 1. The second kappa shape index (κ2) is 4.78. The maximum Gasteiger partial charge on any atom is 0.0976 e. The van der Waals surface area contributed by atoms with Crippen molar-refractivity contribution in [3.8, 4) is 0 Å². The zero-order chi connectivity index (χ0) is 7.28. The maximum absolute atomic E-state index is 12.3. The molecule has 0 bridgehead atoms. The van der Waals surface area contributed by atoms with Crippen molar-refractivity contribution in [2.24, 2.45) is 5.92 Å². The fourth-order valence-corrected chi connectivity index (χ4v) is 1.17. The van der Waals surface area contributed by atoms with Gasteiger partial charge in [0.1, 0.15) is 0 Å². The average molecular weight is 132 g/mol. The lowest BCUT2D eigenvalue weighted by molar-refractivity contribution is 0.289. The Balaban J connectivity index is 3.15. The van der Waals surface area contributed by atoms with E-state index in [1.165, 1.54) is 6.42 Å². The van der Waals surface area contributed by atoms with Crippen LogP contribution in [0.25, 0.3) is 0 Å². The van der Waals surface area contributed by atoms with E-state index in [1.807, 2.05) is 0 Å². The van der Waals surface area contributed by atoms with Crippen molar-refractivity contribution in [3.05, 3.63) is 0 Å². The second-order valence-electron chi connectivity index (χ2n) is 2.91. The minimum absolute atomic E-state index is 0.565. The number of halogens is 1. The Bertz CT molecular complexity index is 59.6. The fraction of sp³-hybridized carbons (Fsp3) is 1.00. The molecule has 0 radical (unpaired) electrons. The number of rotatable bonds is 4. The Labute approximate surface area is 57.5 Å². The van der Waals surface area contributed by atoms with Crippen LogP contribution >= 0.6 is 0 Å². The minimum Gasteiger partial charge on any atom is -0.248 e. The smallest absolute Gasteiger partial charge is 0.0976 e. The molecule has 0 spiro atoms. The third kappa shape index (κ3) is 5.81. The van der Waals surface area contributed by atoms with Crippen molar-refractivity contribution in [1.82, 2.24) is 0 Å². The Morgan fingerprint density at radius 1 is 1.33 bits per heavy atom. The molecular weight excluding hydrogens is 115 g/mol. The van der Waals surface area contributed by atoms with E-state index >= 15 is 0 Å². The molecule has 0 saturated heterocycles. The zero-order valence-electron chi connectivity index (χ0n) is 6.65. The molecule has 1 heteroatoms. The third-order valence-corrected chi connectivity index (χ3v) is 1.51. The quantitative estimate of drug-likeness (QED) is 0.551. The summed E-state index contributed by atoms with van der Waals surface area (Å²) in [6.45, 7) is 5.88. The first-order chi connectivity index (χ1) is 4.16. The summed E-state index contributed by atoms with van der Waals surface area (Å²) in [4.78, 5) is 0. The standard InChI is InChI=1S/C8H17F/c1-4-5-7(2)6-8(3)9/h7-8H,4-6H2,1-3H3/t7-,8?/m1/s1.